The Bertz CT molecular complexity index is 851. The van der Waals surface area contributed by atoms with Crippen molar-refractivity contribution in [2.45, 2.75) is 6.92 Å². The Hall–Kier alpha value is -2.27. The van der Waals surface area contributed by atoms with Crippen LogP contribution in [0.1, 0.15) is 5.69 Å². The van der Waals surface area contributed by atoms with Gasteiger partial charge in [-0.2, -0.15) is 5.10 Å². The van der Waals surface area contributed by atoms with Crippen LogP contribution in [0.2, 0.25) is 5.02 Å². The molecule has 0 bridgehead atoms. The number of hydrogen-bond acceptors (Lipinski definition) is 4. The van der Waals surface area contributed by atoms with E-state index in [-0.39, 0.29) is 11.2 Å². The minimum absolute atomic E-state index is 0.120. The lowest BCUT2D eigenvalue weighted by Crippen LogP contribution is -2.07. The van der Waals surface area contributed by atoms with Gasteiger partial charge in [-0.25, -0.2) is 5.10 Å². The lowest BCUT2D eigenvalue weighted by molar-refractivity contribution is 0.398. The Kier molecular flexibility index (Phi) is 2.99. The highest BCUT2D eigenvalue weighted by Gasteiger charge is 2.21. The molecule has 3 aromatic rings. The summed E-state index contributed by atoms with van der Waals surface area (Å²) in [5, 5.41) is 7.54. The van der Waals surface area contributed by atoms with Gasteiger partial charge in [0.1, 0.15) is 5.39 Å². The molecule has 0 aliphatic heterocycles. The van der Waals surface area contributed by atoms with E-state index in [1.165, 1.54) is 7.11 Å². The van der Waals surface area contributed by atoms with Gasteiger partial charge in [0.15, 0.2) is 5.76 Å². The number of aromatic amines is 1. The molecule has 0 saturated carbocycles. The third-order valence-corrected chi connectivity index (χ3v) is 3.41. The van der Waals surface area contributed by atoms with E-state index in [4.69, 9.17) is 20.8 Å². The van der Waals surface area contributed by atoms with Crippen molar-refractivity contribution < 1.29 is 9.15 Å². The lowest BCUT2D eigenvalue weighted by Gasteiger charge is -2.08. The first-order chi connectivity index (χ1) is 9.63. The largest absolute Gasteiger partial charge is 0.490 e. The fraction of sp³-hybridized carbons (Fsp3) is 0.143. The molecule has 0 aliphatic rings. The highest BCUT2D eigenvalue weighted by molar-refractivity contribution is 6.33. The quantitative estimate of drug-likeness (QED) is 0.787. The molecule has 0 saturated heterocycles. The van der Waals surface area contributed by atoms with E-state index >= 15 is 0 Å². The molecule has 0 atom stereocenters. The van der Waals surface area contributed by atoms with E-state index in [1.54, 1.807) is 25.1 Å². The Labute approximate surface area is 119 Å². The standard InChI is InChI=1S/C14H11ClN2O3/c1-7-10-11(18)13(19-2)12(20-14(10)17-16-7)8-5-3-4-6-9(8)15/h3-6H,1-2H3,(H,16,17). The summed E-state index contributed by atoms with van der Waals surface area (Å²) in [5.74, 6) is 0.411. The van der Waals surface area contributed by atoms with Gasteiger partial charge in [0.25, 0.3) is 0 Å². The zero-order valence-electron chi connectivity index (χ0n) is 10.9. The number of nitrogens with zero attached hydrogens (tertiary/aromatic N) is 1. The molecule has 3 rings (SSSR count). The maximum absolute atomic E-state index is 12.5. The van der Waals surface area contributed by atoms with Crippen molar-refractivity contribution in [2.24, 2.45) is 0 Å². The van der Waals surface area contributed by atoms with Gasteiger partial charge in [-0.3, -0.25) is 4.79 Å². The first-order valence-corrected chi connectivity index (χ1v) is 6.32. The Morgan fingerprint density at radius 2 is 2.10 bits per heavy atom. The summed E-state index contributed by atoms with van der Waals surface area (Å²) in [6.07, 6.45) is 0. The van der Waals surface area contributed by atoms with Crippen molar-refractivity contribution in [2.75, 3.05) is 7.11 Å². The van der Waals surface area contributed by atoms with Crippen LogP contribution in [0.25, 0.3) is 22.4 Å². The van der Waals surface area contributed by atoms with Crippen LogP contribution >= 0.6 is 11.6 Å². The van der Waals surface area contributed by atoms with Crippen molar-refractivity contribution in [1.29, 1.82) is 0 Å². The summed E-state index contributed by atoms with van der Waals surface area (Å²) < 4.78 is 10.9. The lowest BCUT2D eigenvalue weighted by atomic mass is 10.1. The van der Waals surface area contributed by atoms with Crippen molar-refractivity contribution in [3.05, 3.63) is 45.2 Å². The monoisotopic (exact) mass is 290 g/mol. The van der Waals surface area contributed by atoms with Gasteiger partial charge < -0.3 is 9.15 Å². The van der Waals surface area contributed by atoms with Gasteiger partial charge in [0, 0.05) is 5.56 Å². The zero-order chi connectivity index (χ0) is 14.3. The Morgan fingerprint density at radius 3 is 2.80 bits per heavy atom. The first-order valence-electron chi connectivity index (χ1n) is 5.94. The van der Waals surface area contributed by atoms with Crippen LogP contribution in [0.4, 0.5) is 0 Å². The second-order valence-electron chi connectivity index (χ2n) is 4.29. The molecule has 0 amide bonds. The zero-order valence-corrected chi connectivity index (χ0v) is 11.6. The maximum Gasteiger partial charge on any atom is 0.238 e. The van der Waals surface area contributed by atoms with Crippen LogP contribution < -0.4 is 10.2 Å². The second kappa shape index (κ2) is 4.68. The Morgan fingerprint density at radius 1 is 1.35 bits per heavy atom. The number of aromatic nitrogens is 2. The van der Waals surface area contributed by atoms with E-state index in [9.17, 15) is 4.79 Å². The first kappa shape index (κ1) is 12.7. The number of fused-ring (bicyclic) bond motifs is 1. The number of benzene rings is 1. The van der Waals surface area contributed by atoms with Crippen LogP contribution in [0.15, 0.2) is 33.5 Å². The van der Waals surface area contributed by atoms with Crippen molar-refractivity contribution in [1.82, 2.24) is 10.2 Å². The van der Waals surface area contributed by atoms with E-state index in [0.29, 0.717) is 33.1 Å². The highest BCUT2D eigenvalue weighted by atomic mass is 35.5. The normalized spacial score (nSPS) is 10.9. The van der Waals surface area contributed by atoms with Crippen LogP contribution in [0, 0.1) is 6.92 Å². The number of methoxy groups -OCH3 is 1. The molecule has 2 heterocycles. The summed E-state index contributed by atoms with van der Waals surface area (Å²) in [6.45, 7) is 1.73. The molecule has 0 fully saturated rings. The number of hydrogen-bond donors (Lipinski definition) is 1. The number of nitrogens with one attached hydrogen (secondary N) is 1. The topological polar surface area (TPSA) is 68.1 Å². The maximum atomic E-state index is 12.5. The number of halogens is 1. The number of H-pyrrole nitrogens is 1. The fourth-order valence-electron chi connectivity index (χ4n) is 2.13. The molecule has 0 aliphatic carbocycles. The molecule has 0 radical (unpaired) electrons. The molecule has 1 N–H and O–H groups in total. The summed E-state index contributed by atoms with van der Waals surface area (Å²) in [7, 11) is 1.42. The summed E-state index contributed by atoms with van der Waals surface area (Å²) >= 11 is 6.15. The van der Waals surface area contributed by atoms with Crippen LogP contribution in [0.3, 0.4) is 0 Å². The molecule has 20 heavy (non-hydrogen) atoms. The predicted molar refractivity (Wildman–Crippen MR) is 76.4 cm³/mol. The number of aryl methyl sites for hydroxylation is 1. The molecule has 5 nitrogen and oxygen atoms in total. The third-order valence-electron chi connectivity index (χ3n) is 3.08. The second-order valence-corrected chi connectivity index (χ2v) is 4.69. The van der Waals surface area contributed by atoms with E-state index in [1.807, 2.05) is 6.07 Å². The highest BCUT2D eigenvalue weighted by Crippen LogP contribution is 2.34. The van der Waals surface area contributed by atoms with Gasteiger partial charge in [-0.1, -0.05) is 23.7 Å². The fourth-order valence-corrected chi connectivity index (χ4v) is 2.35. The molecule has 2 aromatic heterocycles. The molecule has 102 valence electrons. The van der Waals surface area contributed by atoms with E-state index in [0.717, 1.165) is 0 Å². The molecule has 0 unspecified atom stereocenters. The van der Waals surface area contributed by atoms with Gasteiger partial charge in [-0.15, -0.1) is 0 Å². The van der Waals surface area contributed by atoms with Crippen LogP contribution in [0.5, 0.6) is 5.75 Å². The summed E-state index contributed by atoms with van der Waals surface area (Å²) in [5.41, 5.74) is 1.20. The number of ether oxygens (including phenoxy) is 1. The van der Waals surface area contributed by atoms with Crippen molar-refractivity contribution in [3.8, 4) is 17.1 Å². The molecule has 6 heteroatoms. The molecular formula is C14H11ClN2O3. The van der Waals surface area contributed by atoms with Crippen LogP contribution in [-0.4, -0.2) is 17.3 Å². The summed E-state index contributed by atoms with van der Waals surface area (Å²) in [4.78, 5) is 12.5. The van der Waals surface area contributed by atoms with Gasteiger partial charge in [0.2, 0.25) is 16.9 Å². The van der Waals surface area contributed by atoms with Gasteiger partial charge in [0.05, 0.1) is 17.8 Å². The van der Waals surface area contributed by atoms with E-state index < -0.39 is 0 Å². The molecule has 0 spiro atoms. The smallest absolute Gasteiger partial charge is 0.238 e. The average Bonchev–Trinajstić information content (AvgIpc) is 2.81. The number of rotatable bonds is 2. The van der Waals surface area contributed by atoms with Crippen LogP contribution in [-0.2, 0) is 0 Å². The average molecular weight is 291 g/mol. The minimum atomic E-state index is -0.269. The third kappa shape index (κ3) is 1.78. The van der Waals surface area contributed by atoms with Crippen molar-refractivity contribution in [3.63, 3.8) is 0 Å². The van der Waals surface area contributed by atoms with Gasteiger partial charge in [-0.05, 0) is 19.1 Å². The summed E-state index contributed by atoms with van der Waals surface area (Å²) in [6, 6.07) is 7.09. The molecule has 1 aromatic carbocycles. The molecular weight excluding hydrogens is 280 g/mol. The predicted octanol–water partition coefficient (Wildman–Crippen LogP) is 3.15. The minimum Gasteiger partial charge on any atom is -0.490 e. The van der Waals surface area contributed by atoms with E-state index in [2.05, 4.69) is 10.2 Å². The SMILES string of the molecule is COc1c(-c2ccccc2Cl)oc2[nH]nc(C)c2c1=O. The van der Waals surface area contributed by atoms with Crippen molar-refractivity contribution >= 4 is 22.7 Å². The Balaban J connectivity index is 2.42. The van der Waals surface area contributed by atoms with Gasteiger partial charge >= 0.3 is 0 Å².